The number of amides is 2. The average molecular weight is 260 g/mol. The minimum absolute atomic E-state index is 0.104. The summed E-state index contributed by atoms with van der Waals surface area (Å²) in [6, 6.07) is 10.7. The van der Waals surface area contributed by atoms with E-state index in [0.29, 0.717) is 5.92 Å². The summed E-state index contributed by atoms with van der Waals surface area (Å²) in [4.78, 5) is 14.1. The highest BCUT2D eigenvalue weighted by atomic mass is 16.2. The third-order valence-corrected chi connectivity index (χ3v) is 3.86. The van der Waals surface area contributed by atoms with Crippen molar-refractivity contribution in [3.05, 3.63) is 35.9 Å². The molecular weight excluding hydrogens is 236 g/mol. The van der Waals surface area contributed by atoms with Crippen LogP contribution < -0.4 is 5.32 Å². The van der Waals surface area contributed by atoms with Gasteiger partial charge in [0.15, 0.2) is 0 Å². The maximum absolute atomic E-state index is 12.2. The summed E-state index contributed by atoms with van der Waals surface area (Å²) < 4.78 is 0. The van der Waals surface area contributed by atoms with Crippen molar-refractivity contribution in [3.63, 3.8) is 0 Å². The summed E-state index contributed by atoms with van der Waals surface area (Å²) in [5.41, 5.74) is 1.28. The lowest BCUT2D eigenvalue weighted by Crippen LogP contribution is -2.44. The highest BCUT2D eigenvalue weighted by Crippen LogP contribution is 2.15. The number of hydrogen-bond donors (Lipinski definition) is 1. The number of rotatable bonds is 4. The number of likely N-dealkylation sites (tertiary alicyclic amines) is 1. The highest BCUT2D eigenvalue weighted by molar-refractivity contribution is 5.74. The van der Waals surface area contributed by atoms with Crippen molar-refractivity contribution in [1.82, 2.24) is 10.2 Å². The molecule has 3 heteroatoms. The Bertz CT molecular complexity index is 404. The van der Waals surface area contributed by atoms with Crippen LogP contribution in [0.2, 0.25) is 0 Å². The quantitative estimate of drug-likeness (QED) is 0.886. The molecule has 1 heterocycles. The first kappa shape index (κ1) is 13.9. The van der Waals surface area contributed by atoms with Gasteiger partial charge in [0.2, 0.25) is 0 Å². The normalized spacial score (nSPS) is 20.3. The third-order valence-electron chi connectivity index (χ3n) is 3.86. The fourth-order valence-electron chi connectivity index (χ4n) is 2.58. The molecule has 1 N–H and O–H groups in total. The lowest BCUT2D eigenvalue weighted by Gasteiger charge is -2.22. The summed E-state index contributed by atoms with van der Waals surface area (Å²) in [7, 11) is 0. The second-order valence-electron chi connectivity index (χ2n) is 5.58. The molecule has 1 aliphatic rings. The first-order chi connectivity index (χ1) is 9.19. The van der Waals surface area contributed by atoms with Crippen LogP contribution in [0.1, 0.15) is 32.3 Å². The second kappa shape index (κ2) is 6.60. The van der Waals surface area contributed by atoms with Gasteiger partial charge in [0.05, 0.1) is 0 Å². The Hall–Kier alpha value is -1.51. The Morgan fingerprint density at radius 1 is 1.42 bits per heavy atom. The Labute approximate surface area is 116 Å². The van der Waals surface area contributed by atoms with Gasteiger partial charge in [0.1, 0.15) is 0 Å². The van der Waals surface area contributed by atoms with E-state index in [-0.39, 0.29) is 12.1 Å². The number of urea groups is 1. The predicted molar refractivity (Wildman–Crippen MR) is 78.1 cm³/mol. The molecule has 0 radical (unpaired) electrons. The molecule has 1 aromatic carbocycles. The van der Waals surface area contributed by atoms with Crippen LogP contribution in [0.25, 0.3) is 0 Å². The first-order valence-corrected chi connectivity index (χ1v) is 7.28. The molecule has 0 aromatic heterocycles. The molecule has 2 amide bonds. The minimum atomic E-state index is 0.104. The van der Waals surface area contributed by atoms with Gasteiger partial charge in [0, 0.05) is 19.1 Å². The molecule has 2 unspecified atom stereocenters. The van der Waals surface area contributed by atoms with Gasteiger partial charge in [0.25, 0.3) is 0 Å². The molecule has 2 atom stereocenters. The topological polar surface area (TPSA) is 32.3 Å². The maximum atomic E-state index is 12.2. The lowest BCUT2D eigenvalue weighted by molar-refractivity contribution is 0.202. The first-order valence-electron chi connectivity index (χ1n) is 7.28. The highest BCUT2D eigenvalue weighted by Gasteiger charge is 2.24. The lowest BCUT2D eigenvalue weighted by atomic mass is 10.0. The van der Waals surface area contributed by atoms with Crippen molar-refractivity contribution in [2.24, 2.45) is 5.92 Å². The Morgan fingerprint density at radius 3 is 2.74 bits per heavy atom. The van der Waals surface area contributed by atoms with E-state index in [1.54, 1.807) is 0 Å². The summed E-state index contributed by atoms with van der Waals surface area (Å²) in [6.07, 6.45) is 3.00. The smallest absolute Gasteiger partial charge is 0.317 e. The number of nitrogens with one attached hydrogen (secondary N) is 1. The van der Waals surface area contributed by atoms with E-state index in [9.17, 15) is 4.79 Å². The number of carbonyl (C=O) groups is 1. The molecular formula is C16H24N2O. The standard InChI is InChI=1S/C16H24N2O/c1-3-15(11-14-7-5-4-6-8-14)17-16(19)18-10-9-13(2)12-18/h4-8,13,15H,3,9-12H2,1-2H3,(H,17,19). The zero-order chi connectivity index (χ0) is 13.7. The molecule has 19 heavy (non-hydrogen) atoms. The zero-order valence-electron chi connectivity index (χ0n) is 11.9. The fraction of sp³-hybridized carbons (Fsp3) is 0.562. The van der Waals surface area contributed by atoms with Crippen LogP contribution in [-0.4, -0.2) is 30.1 Å². The predicted octanol–water partition coefficient (Wildman–Crippen LogP) is 3.06. The molecule has 104 valence electrons. The molecule has 0 spiro atoms. The zero-order valence-corrected chi connectivity index (χ0v) is 11.9. The Kier molecular flexibility index (Phi) is 4.83. The van der Waals surface area contributed by atoms with Crippen LogP contribution >= 0.6 is 0 Å². The van der Waals surface area contributed by atoms with Crippen molar-refractivity contribution in [1.29, 1.82) is 0 Å². The van der Waals surface area contributed by atoms with Crippen LogP contribution in [0.3, 0.4) is 0 Å². The van der Waals surface area contributed by atoms with E-state index in [1.807, 2.05) is 23.1 Å². The molecule has 0 aliphatic carbocycles. The molecule has 2 rings (SSSR count). The minimum Gasteiger partial charge on any atom is -0.335 e. The number of carbonyl (C=O) groups excluding carboxylic acids is 1. The van der Waals surface area contributed by atoms with E-state index >= 15 is 0 Å². The van der Waals surface area contributed by atoms with E-state index in [4.69, 9.17) is 0 Å². The van der Waals surface area contributed by atoms with Gasteiger partial charge in [-0.1, -0.05) is 44.2 Å². The van der Waals surface area contributed by atoms with Crippen molar-refractivity contribution in [2.45, 2.75) is 39.2 Å². The molecule has 3 nitrogen and oxygen atoms in total. The SMILES string of the molecule is CCC(Cc1ccccc1)NC(=O)N1CCC(C)C1. The number of hydrogen-bond acceptors (Lipinski definition) is 1. The fourth-order valence-corrected chi connectivity index (χ4v) is 2.58. The number of nitrogens with zero attached hydrogens (tertiary/aromatic N) is 1. The van der Waals surface area contributed by atoms with Gasteiger partial charge >= 0.3 is 6.03 Å². The van der Waals surface area contributed by atoms with E-state index < -0.39 is 0 Å². The summed E-state index contributed by atoms with van der Waals surface area (Å²) in [5, 5.41) is 3.16. The summed E-state index contributed by atoms with van der Waals surface area (Å²) >= 11 is 0. The van der Waals surface area contributed by atoms with Gasteiger partial charge in [-0.15, -0.1) is 0 Å². The van der Waals surface area contributed by atoms with Gasteiger partial charge in [-0.25, -0.2) is 4.79 Å². The molecule has 0 bridgehead atoms. The maximum Gasteiger partial charge on any atom is 0.317 e. The van der Waals surface area contributed by atoms with E-state index in [2.05, 4.69) is 31.3 Å². The molecule has 1 fully saturated rings. The van der Waals surface area contributed by atoms with Gasteiger partial charge < -0.3 is 10.2 Å². The van der Waals surface area contributed by atoms with Gasteiger partial charge in [-0.05, 0) is 30.7 Å². The second-order valence-corrected chi connectivity index (χ2v) is 5.58. The Balaban J connectivity index is 1.87. The van der Waals surface area contributed by atoms with Crippen molar-refractivity contribution in [2.75, 3.05) is 13.1 Å². The van der Waals surface area contributed by atoms with Crippen LogP contribution in [0.15, 0.2) is 30.3 Å². The van der Waals surface area contributed by atoms with Crippen molar-refractivity contribution >= 4 is 6.03 Å². The summed E-state index contributed by atoms with van der Waals surface area (Å²) in [5.74, 6) is 0.639. The Morgan fingerprint density at radius 2 is 2.16 bits per heavy atom. The van der Waals surface area contributed by atoms with Crippen molar-refractivity contribution < 1.29 is 4.79 Å². The van der Waals surface area contributed by atoms with Crippen LogP contribution in [0.4, 0.5) is 4.79 Å². The average Bonchev–Trinajstić information content (AvgIpc) is 2.86. The van der Waals surface area contributed by atoms with Crippen molar-refractivity contribution in [3.8, 4) is 0 Å². The van der Waals surface area contributed by atoms with Gasteiger partial charge in [-0.3, -0.25) is 0 Å². The monoisotopic (exact) mass is 260 g/mol. The summed E-state index contributed by atoms with van der Waals surface area (Å²) in [6.45, 7) is 6.12. The molecule has 1 aliphatic heterocycles. The van der Waals surface area contributed by atoms with E-state index in [0.717, 1.165) is 32.4 Å². The molecule has 1 aromatic rings. The third kappa shape index (κ3) is 3.98. The van der Waals surface area contributed by atoms with E-state index in [1.165, 1.54) is 5.56 Å². The van der Waals surface area contributed by atoms with Crippen LogP contribution in [0, 0.1) is 5.92 Å². The molecule has 1 saturated heterocycles. The number of benzene rings is 1. The largest absolute Gasteiger partial charge is 0.335 e. The molecule has 0 saturated carbocycles. The van der Waals surface area contributed by atoms with Gasteiger partial charge in [-0.2, -0.15) is 0 Å². The van der Waals surface area contributed by atoms with Crippen LogP contribution in [0.5, 0.6) is 0 Å². The van der Waals surface area contributed by atoms with Crippen LogP contribution in [-0.2, 0) is 6.42 Å².